The number of aromatic nitrogens is 3. The molecule has 5 rings (SSSR count). The van der Waals surface area contributed by atoms with Crippen LogP contribution in [-0.2, 0) is 22.6 Å². The number of nitrogens with zero attached hydrogens (tertiary/aromatic N) is 4. The maximum Gasteiger partial charge on any atom is 0.289 e. The first-order valence-corrected chi connectivity index (χ1v) is 12.2. The molecule has 0 saturated heterocycles. The lowest BCUT2D eigenvalue weighted by Crippen LogP contribution is -2.49. The van der Waals surface area contributed by atoms with E-state index in [4.69, 9.17) is 5.10 Å². The average Bonchev–Trinajstić information content (AvgIpc) is 3.46. The predicted molar refractivity (Wildman–Crippen MR) is 142 cm³/mol. The Hall–Kier alpha value is -4.78. The van der Waals surface area contributed by atoms with Crippen molar-refractivity contribution in [2.24, 2.45) is 0 Å². The Labute approximate surface area is 215 Å². The molecule has 1 aliphatic heterocycles. The van der Waals surface area contributed by atoms with Gasteiger partial charge in [-0.15, -0.1) is 0 Å². The Kier molecular flexibility index (Phi) is 7.31. The maximum atomic E-state index is 13.6. The Morgan fingerprint density at radius 3 is 2.41 bits per heavy atom. The minimum atomic E-state index is -0.735. The molecule has 184 valence electrons. The number of pyridine rings is 1. The number of carbonyl (C=O) groups excluding carboxylic acids is 2. The van der Waals surface area contributed by atoms with Crippen LogP contribution in [-0.4, -0.2) is 37.4 Å². The minimum Gasteiger partial charge on any atom is -0.344 e. The maximum absolute atomic E-state index is 13.6. The van der Waals surface area contributed by atoms with Crippen molar-refractivity contribution in [3.05, 3.63) is 133 Å². The largest absolute Gasteiger partial charge is 0.344 e. The fourth-order valence-corrected chi connectivity index (χ4v) is 4.34. The number of hydrogen-bond acceptors (Lipinski definition) is 5. The van der Waals surface area contributed by atoms with E-state index < -0.39 is 17.7 Å². The molecular weight excluding hydrogens is 462 g/mol. The van der Waals surface area contributed by atoms with Crippen molar-refractivity contribution in [3.8, 4) is 11.3 Å². The number of hydrogen-bond donors (Lipinski definition) is 1. The summed E-state index contributed by atoms with van der Waals surface area (Å²) in [6.45, 7) is 0.183. The molecule has 0 radical (unpaired) electrons. The number of benzene rings is 2. The molecule has 1 aliphatic rings. The minimum absolute atomic E-state index is 0.183. The molecule has 0 spiro atoms. The highest BCUT2D eigenvalue weighted by Crippen LogP contribution is 2.26. The van der Waals surface area contributed by atoms with Crippen LogP contribution >= 0.6 is 0 Å². The van der Waals surface area contributed by atoms with Gasteiger partial charge in [0.2, 0.25) is 5.78 Å². The molecule has 2 unspecified atom stereocenters. The lowest BCUT2D eigenvalue weighted by Gasteiger charge is -2.36. The van der Waals surface area contributed by atoms with E-state index in [0.29, 0.717) is 12.1 Å². The first-order valence-electron chi connectivity index (χ1n) is 12.2. The van der Waals surface area contributed by atoms with E-state index in [1.165, 1.54) is 0 Å². The summed E-state index contributed by atoms with van der Waals surface area (Å²) < 4.78 is 1.82. The zero-order valence-corrected chi connectivity index (χ0v) is 20.2. The van der Waals surface area contributed by atoms with Crippen molar-refractivity contribution < 1.29 is 9.59 Å². The molecule has 1 amide bonds. The molecule has 0 saturated carbocycles. The van der Waals surface area contributed by atoms with Gasteiger partial charge in [-0.25, -0.2) is 4.68 Å². The monoisotopic (exact) mass is 489 g/mol. The number of ketones is 1. The normalized spacial score (nSPS) is 15.4. The van der Waals surface area contributed by atoms with Crippen LogP contribution in [0.3, 0.4) is 0 Å². The molecule has 37 heavy (non-hydrogen) atoms. The quantitative estimate of drug-likeness (QED) is 0.354. The van der Waals surface area contributed by atoms with E-state index in [-0.39, 0.29) is 12.7 Å². The number of allylic oxidation sites excluding steroid dienone is 2. The van der Waals surface area contributed by atoms with E-state index in [9.17, 15) is 9.59 Å². The molecule has 0 aliphatic carbocycles. The first kappa shape index (κ1) is 23.9. The van der Waals surface area contributed by atoms with Gasteiger partial charge in [0.05, 0.1) is 17.9 Å². The van der Waals surface area contributed by atoms with Gasteiger partial charge in [-0.2, -0.15) is 5.10 Å². The van der Waals surface area contributed by atoms with Crippen LogP contribution in [0.1, 0.15) is 17.4 Å². The van der Waals surface area contributed by atoms with Gasteiger partial charge in [0.15, 0.2) is 0 Å². The predicted octanol–water partition coefficient (Wildman–Crippen LogP) is 4.33. The van der Waals surface area contributed by atoms with E-state index in [1.54, 1.807) is 12.3 Å². The van der Waals surface area contributed by atoms with Crippen LogP contribution in [0.2, 0.25) is 0 Å². The smallest absolute Gasteiger partial charge is 0.289 e. The molecule has 2 aromatic carbocycles. The third-order valence-corrected chi connectivity index (χ3v) is 6.22. The summed E-state index contributed by atoms with van der Waals surface area (Å²) in [6.07, 6.45) is 11.2. The fourth-order valence-electron chi connectivity index (χ4n) is 4.34. The average molecular weight is 490 g/mol. The van der Waals surface area contributed by atoms with Gasteiger partial charge in [-0.05, 0) is 35.9 Å². The third kappa shape index (κ3) is 5.73. The van der Waals surface area contributed by atoms with Crippen LogP contribution < -0.4 is 5.32 Å². The summed E-state index contributed by atoms with van der Waals surface area (Å²) in [5.41, 5.74) is 3.49. The summed E-state index contributed by atoms with van der Waals surface area (Å²) in [7, 11) is 0. The third-order valence-electron chi connectivity index (χ3n) is 6.22. The van der Waals surface area contributed by atoms with Crippen LogP contribution in [0.15, 0.2) is 122 Å². The number of Topliss-reactive ketones (excluding diaryl/α,β-unsaturated/α-hetero) is 1. The highest BCUT2D eigenvalue weighted by molar-refractivity contribution is 6.38. The molecule has 3 heterocycles. The van der Waals surface area contributed by atoms with Crippen LogP contribution in [0.25, 0.3) is 11.3 Å². The van der Waals surface area contributed by atoms with Crippen molar-refractivity contribution in [1.82, 2.24) is 25.0 Å². The Morgan fingerprint density at radius 2 is 1.65 bits per heavy atom. The zero-order chi connectivity index (χ0) is 25.5. The van der Waals surface area contributed by atoms with Gasteiger partial charge in [-0.3, -0.25) is 14.6 Å². The highest BCUT2D eigenvalue weighted by atomic mass is 16.2. The number of nitrogens with one attached hydrogen (secondary N) is 1. The standard InChI is InChI=1S/C30H27N5O2/c36-29(30(37)32-22-25-15-7-9-18-31-25)27(21-23-11-3-1-4-12-23)34-19-10-8-16-28(34)35-20-17-26(33-35)24-13-5-2-6-14-24/h1-20,27-28H,21-22H2,(H,32,37). The zero-order valence-electron chi connectivity index (χ0n) is 20.2. The van der Waals surface area contributed by atoms with Gasteiger partial charge >= 0.3 is 0 Å². The Balaban J connectivity index is 1.41. The molecule has 7 nitrogen and oxygen atoms in total. The Morgan fingerprint density at radius 1 is 0.892 bits per heavy atom. The van der Waals surface area contributed by atoms with Gasteiger partial charge in [-0.1, -0.05) is 72.8 Å². The second-order valence-electron chi connectivity index (χ2n) is 8.71. The molecule has 2 aromatic heterocycles. The lowest BCUT2D eigenvalue weighted by atomic mass is 9.99. The van der Waals surface area contributed by atoms with Crippen LogP contribution in [0, 0.1) is 0 Å². The molecule has 1 N–H and O–H groups in total. The summed E-state index contributed by atoms with van der Waals surface area (Å²) >= 11 is 0. The van der Waals surface area contributed by atoms with Crippen LogP contribution in [0.5, 0.6) is 0 Å². The van der Waals surface area contributed by atoms with E-state index in [0.717, 1.165) is 16.8 Å². The second-order valence-corrected chi connectivity index (χ2v) is 8.71. The van der Waals surface area contributed by atoms with Crippen molar-refractivity contribution in [3.63, 3.8) is 0 Å². The van der Waals surface area contributed by atoms with Crippen molar-refractivity contribution in [2.75, 3.05) is 0 Å². The number of carbonyl (C=O) groups is 2. The molecule has 0 bridgehead atoms. The van der Waals surface area contributed by atoms with Crippen molar-refractivity contribution in [1.29, 1.82) is 0 Å². The lowest BCUT2D eigenvalue weighted by molar-refractivity contribution is -0.141. The van der Waals surface area contributed by atoms with Crippen LogP contribution in [0.4, 0.5) is 0 Å². The molecular formula is C30H27N5O2. The topological polar surface area (TPSA) is 80.1 Å². The molecule has 2 atom stereocenters. The summed E-state index contributed by atoms with van der Waals surface area (Å²) in [5.74, 6) is -1.15. The van der Waals surface area contributed by atoms with Gasteiger partial charge < -0.3 is 10.2 Å². The van der Waals surface area contributed by atoms with Gasteiger partial charge in [0.25, 0.3) is 5.91 Å². The fraction of sp³-hybridized carbons (Fsp3) is 0.133. The van der Waals surface area contributed by atoms with E-state index in [1.807, 2.05) is 119 Å². The van der Waals surface area contributed by atoms with Gasteiger partial charge in [0.1, 0.15) is 12.2 Å². The Bertz CT molecular complexity index is 1400. The molecule has 7 heteroatoms. The summed E-state index contributed by atoms with van der Waals surface area (Å²) in [4.78, 5) is 32.8. The molecule has 4 aromatic rings. The van der Waals surface area contributed by atoms with Gasteiger partial charge in [0, 0.05) is 30.6 Å². The first-order chi connectivity index (χ1) is 18.2. The highest BCUT2D eigenvalue weighted by Gasteiger charge is 2.34. The number of amides is 1. The van der Waals surface area contributed by atoms with Crippen molar-refractivity contribution in [2.45, 2.75) is 25.2 Å². The summed E-state index contributed by atoms with van der Waals surface area (Å²) in [5, 5.41) is 7.54. The number of rotatable bonds is 9. The second kappa shape index (κ2) is 11.3. The van der Waals surface area contributed by atoms with E-state index in [2.05, 4.69) is 10.3 Å². The molecule has 0 fully saturated rings. The van der Waals surface area contributed by atoms with E-state index >= 15 is 0 Å². The van der Waals surface area contributed by atoms with Crippen molar-refractivity contribution >= 4 is 11.7 Å². The summed E-state index contributed by atoms with van der Waals surface area (Å²) in [6, 6.07) is 26.3. The SMILES string of the molecule is O=C(NCc1ccccn1)C(=O)C(Cc1ccccc1)N1C=CC=CC1n1ccc(-c2ccccc2)n1.